The summed E-state index contributed by atoms with van der Waals surface area (Å²) < 4.78 is 11.5. The summed E-state index contributed by atoms with van der Waals surface area (Å²) in [5, 5.41) is 1.93. The van der Waals surface area contributed by atoms with E-state index in [2.05, 4.69) is 26.7 Å². The van der Waals surface area contributed by atoms with Crippen LogP contribution in [0.2, 0.25) is 18.1 Å². The molecular weight excluding hydrogens is 354 g/mol. The van der Waals surface area contributed by atoms with Gasteiger partial charge in [-0.1, -0.05) is 26.8 Å². The molecule has 0 bridgehead atoms. The lowest BCUT2D eigenvalue weighted by molar-refractivity contribution is -0.160. The van der Waals surface area contributed by atoms with Crippen LogP contribution in [0.1, 0.15) is 38.1 Å². The van der Waals surface area contributed by atoms with E-state index < -0.39 is 26.6 Å². The van der Waals surface area contributed by atoms with Crippen molar-refractivity contribution in [1.82, 2.24) is 4.90 Å². The topological polar surface area (TPSA) is 55.8 Å². The summed E-state index contributed by atoms with van der Waals surface area (Å²) in [7, 11) is -1.96. The fraction of sp³-hybridized carbons (Fsp3) is 0.556. The molecule has 1 aromatic rings. The molecule has 2 heterocycles. The third-order valence-corrected chi connectivity index (χ3v) is 10.4. The number of rotatable bonds is 8. The Kier molecular flexibility index (Phi) is 6.82. The Morgan fingerprint density at radius 3 is 2.56 bits per heavy atom. The number of terminal acetylenes is 1. The number of hydrogen-bond acceptors (Lipinski definition) is 5. The zero-order chi connectivity index (χ0) is 18.4. The number of β-lactam (4-membered cyclic amide) rings is 1. The number of likely N-dealkylation sites (tertiary alicyclic amines) is 1. The van der Waals surface area contributed by atoms with Gasteiger partial charge in [0.25, 0.3) is 5.91 Å². The van der Waals surface area contributed by atoms with Gasteiger partial charge in [0.2, 0.25) is 0 Å². The Morgan fingerprint density at radius 1 is 1.36 bits per heavy atom. The van der Waals surface area contributed by atoms with Crippen molar-refractivity contribution in [2.24, 2.45) is 0 Å². The van der Waals surface area contributed by atoms with Crippen molar-refractivity contribution < 1.29 is 18.8 Å². The van der Waals surface area contributed by atoms with E-state index in [1.54, 1.807) is 0 Å². The smallest absolute Gasteiger partial charge is 0.417 e. The van der Waals surface area contributed by atoms with E-state index >= 15 is 0 Å². The molecule has 1 saturated heterocycles. The van der Waals surface area contributed by atoms with Crippen molar-refractivity contribution in [3.8, 4) is 12.3 Å². The van der Waals surface area contributed by atoms with E-state index in [4.69, 9.17) is 15.6 Å². The van der Waals surface area contributed by atoms with Crippen molar-refractivity contribution in [3.05, 3.63) is 22.4 Å². The maximum atomic E-state index is 12.7. The maximum Gasteiger partial charge on any atom is 0.417 e. The lowest BCUT2D eigenvalue weighted by Gasteiger charge is -2.47. The number of ether oxygens (including phenoxy) is 1. The fourth-order valence-electron chi connectivity index (χ4n) is 3.05. The van der Waals surface area contributed by atoms with Crippen molar-refractivity contribution in [1.29, 1.82) is 0 Å². The van der Waals surface area contributed by atoms with Gasteiger partial charge in [-0.15, -0.1) is 23.7 Å². The van der Waals surface area contributed by atoms with E-state index in [1.807, 2.05) is 17.5 Å². The van der Waals surface area contributed by atoms with Crippen LogP contribution < -0.4 is 0 Å². The minimum atomic E-state index is -1.96. The highest BCUT2D eigenvalue weighted by Gasteiger charge is 2.55. The summed E-state index contributed by atoms with van der Waals surface area (Å²) in [6, 6.07) is 6.29. The fourth-order valence-corrected chi connectivity index (χ4v) is 6.66. The first-order chi connectivity index (χ1) is 12.0. The van der Waals surface area contributed by atoms with E-state index in [-0.39, 0.29) is 12.5 Å². The molecule has 2 atom stereocenters. The summed E-state index contributed by atoms with van der Waals surface area (Å²) in [5.74, 6) is 2.10. The molecule has 2 unspecified atom stereocenters. The number of thiophene rings is 1. The highest BCUT2D eigenvalue weighted by Crippen LogP contribution is 2.42. The number of amides is 2. The standard InChI is InChI=1S/C18H25NO4SSi/c1-5-9-12-22-18(21)19-15(14-11-10-13-24-14)16(17(19)20)23-25(6-2,7-3)8-4/h1,10-11,13,15-16H,6-9,12H2,2-4H3. The Balaban J connectivity index is 2.19. The number of nitrogens with zero attached hydrogens (tertiary/aromatic N) is 1. The maximum absolute atomic E-state index is 12.7. The molecule has 2 rings (SSSR count). The molecule has 0 N–H and O–H groups in total. The van der Waals surface area contributed by atoms with Crippen LogP contribution in [0, 0.1) is 12.3 Å². The second-order valence-electron chi connectivity index (χ2n) is 6.02. The van der Waals surface area contributed by atoms with Crippen molar-refractivity contribution in [3.63, 3.8) is 0 Å². The van der Waals surface area contributed by atoms with Gasteiger partial charge in [0.1, 0.15) is 12.6 Å². The molecule has 0 saturated carbocycles. The van der Waals surface area contributed by atoms with Crippen LogP contribution in [-0.2, 0) is 14.0 Å². The number of carbonyl (C=O) groups is 2. The molecule has 1 aliphatic heterocycles. The molecule has 1 aliphatic rings. The molecule has 0 radical (unpaired) electrons. The second-order valence-corrected chi connectivity index (χ2v) is 11.7. The lowest BCUT2D eigenvalue weighted by atomic mass is 9.97. The van der Waals surface area contributed by atoms with Gasteiger partial charge in [-0.2, -0.15) is 0 Å². The third-order valence-electron chi connectivity index (χ3n) is 4.86. The second kappa shape index (κ2) is 8.65. The van der Waals surface area contributed by atoms with Gasteiger partial charge in [0.05, 0.1) is 0 Å². The molecule has 25 heavy (non-hydrogen) atoms. The highest BCUT2D eigenvalue weighted by molar-refractivity contribution is 7.10. The zero-order valence-electron chi connectivity index (χ0n) is 15.0. The Morgan fingerprint density at radius 2 is 2.04 bits per heavy atom. The summed E-state index contributed by atoms with van der Waals surface area (Å²) in [6.07, 6.45) is 4.26. The predicted molar refractivity (Wildman–Crippen MR) is 101 cm³/mol. The number of hydrogen-bond donors (Lipinski definition) is 0. The Hall–Kier alpha value is -1.62. The molecule has 7 heteroatoms. The number of carbonyl (C=O) groups excluding carboxylic acids is 2. The summed E-state index contributed by atoms with van der Waals surface area (Å²) in [5.41, 5.74) is 0. The lowest BCUT2D eigenvalue weighted by Crippen LogP contribution is -2.64. The van der Waals surface area contributed by atoms with Gasteiger partial charge in [-0.05, 0) is 29.6 Å². The minimum absolute atomic E-state index is 0.110. The third kappa shape index (κ3) is 3.97. The normalized spacial score (nSPS) is 20.1. The van der Waals surface area contributed by atoms with Gasteiger partial charge >= 0.3 is 6.09 Å². The molecule has 1 fully saturated rings. The first-order valence-electron chi connectivity index (χ1n) is 8.68. The van der Waals surface area contributed by atoms with Crippen molar-refractivity contribution >= 4 is 31.7 Å². The van der Waals surface area contributed by atoms with Crippen LogP contribution in [0.3, 0.4) is 0 Å². The van der Waals surface area contributed by atoms with Gasteiger partial charge in [-0.3, -0.25) is 4.79 Å². The highest BCUT2D eigenvalue weighted by atomic mass is 32.1. The van der Waals surface area contributed by atoms with E-state index in [1.165, 1.54) is 16.2 Å². The SMILES string of the molecule is C#CCCOC(=O)N1C(=O)C(O[Si](CC)(CC)CC)C1c1cccs1. The minimum Gasteiger partial charge on any atom is -0.448 e. The monoisotopic (exact) mass is 379 g/mol. The molecule has 136 valence electrons. The van der Waals surface area contributed by atoms with Crippen LogP contribution >= 0.6 is 11.3 Å². The van der Waals surface area contributed by atoms with Crippen molar-refractivity contribution in [2.75, 3.05) is 6.61 Å². The summed E-state index contributed by atoms with van der Waals surface area (Å²) in [4.78, 5) is 27.1. The predicted octanol–water partition coefficient (Wildman–Crippen LogP) is 4.18. The molecule has 0 aliphatic carbocycles. The molecular formula is C18H25NO4SSi. The molecule has 2 amide bonds. The van der Waals surface area contributed by atoms with Crippen LogP contribution in [0.4, 0.5) is 4.79 Å². The van der Waals surface area contributed by atoms with Gasteiger partial charge < -0.3 is 9.16 Å². The average molecular weight is 380 g/mol. The van der Waals surface area contributed by atoms with E-state index in [9.17, 15) is 9.59 Å². The van der Waals surface area contributed by atoms with Crippen LogP contribution in [0.5, 0.6) is 0 Å². The number of imide groups is 1. The van der Waals surface area contributed by atoms with Gasteiger partial charge in [0, 0.05) is 11.3 Å². The van der Waals surface area contributed by atoms with Crippen molar-refractivity contribution in [2.45, 2.75) is 57.5 Å². The Labute approximate surface area is 154 Å². The average Bonchev–Trinajstić information content (AvgIpc) is 3.15. The first-order valence-corrected chi connectivity index (χ1v) is 12.1. The van der Waals surface area contributed by atoms with Crippen LogP contribution in [0.25, 0.3) is 0 Å². The van der Waals surface area contributed by atoms with E-state index in [0.717, 1.165) is 23.0 Å². The summed E-state index contributed by atoms with van der Waals surface area (Å²) in [6.45, 7) is 6.47. The zero-order valence-corrected chi connectivity index (χ0v) is 16.8. The molecule has 0 spiro atoms. The van der Waals surface area contributed by atoms with E-state index in [0.29, 0.717) is 6.42 Å². The van der Waals surface area contributed by atoms with Gasteiger partial charge in [0.15, 0.2) is 14.4 Å². The summed E-state index contributed by atoms with van der Waals surface area (Å²) >= 11 is 1.51. The molecule has 0 aromatic carbocycles. The Bertz CT molecular complexity index is 628. The molecule has 5 nitrogen and oxygen atoms in total. The van der Waals surface area contributed by atoms with Crippen LogP contribution in [-0.4, -0.2) is 37.9 Å². The van der Waals surface area contributed by atoms with Crippen LogP contribution in [0.15, 0.2) is 17.5 Å². The van der Waals surface area contributed by atoms with Gasteiger partial charge in [-0.25, -0.2) is 9.69 Å². The largest absolute Gasteiger partial charge is 0.448 e. The quantitative estimate of drug-likeness (QED) is 0.294. The molecule has 1 aromatic heterocycles. The first kappa shape index (κ1) is 19.7.